The number of fused-ring (bicyclic) bond motifs is 3. The molecule has 3 rings (SSSR count). The molecule has 1 aliphatic heterocycles. The van der Waals surface area contributed by atoms with Crippen molar-refractivity contribution in [1.82, 2.24) is 0 Å². The Kier molecular flexibility index (Phi) is 3.16. The van der Waals surface area contributed by atoms with Crippen molar-refractivity contribution in [2.45, 2.75) is 59.0 Å². The van der Waals surface area contributed by atoms with Gasteiger partial charge in [0.2, 0.25) is 0 Å². The molecule has 3 fully saturated rings. The van der Waals surface area contributed by atoms with Crippen LogP contribution in [-0.4, -0.2) is 25.3 Å². The van der Waals surface area contributed by atoms with Crippen molar-refractivity contribution in [3.63, 3.8) is 0 Å². The Morgan fingerprint density at radius 3 is 2.79 bits per heavy atom. The predicted molar refractivity (Wildman–Crippen MR) is 72.7 cm³/mol. The number of hydrogen-bond donors (Lipinski definition) is 0. The van der Waals surface area contributed by atoms with Crippen LogP contribution in [0.1, 0.15) is 52.9 Å². The fraction of sp³-hybridized carbons (Fsp3) is 0.938. The third-order valence-corrected chi connectivity index (χ3v) is 5.91. The van der Waals surface area contributed by atoms with E-state index in [0.29, 0.717) is 11.3 Å². The van der Waals surface area contributed by atoms with E-state index in [2.05, 4.69) is 0 Å². The number of rotatable bonds is 3. The Morgan fingerprint density at radius 2 is 2.21 bits per heavy atom. The number of ether oxygens (including phenoxy) is 2. The number of carbonyl (C=O) groups excluding carboxylic acids is 1. The molecular weight excluding hydrogens is 240 g/mol. The van der Waals surface area contributed by atoms with Crippen molar-refractivity contribution in [1.29, 1.82) is 0 Å². The average molecular weight is 266 g/mol. The minimum absolute atomic E-state index is 0.0124. The zero-order valence-electron chi connectivity index (χ0n) is 12.4. The molecule has 0 amide bonds. The molecular formula is C16H26O3. The van der Waals surface area contributed by atoms with Crippen LogP contribution in [0.25, 0.3) is 0 Å². The van der Waals surface area contributed by atoms with Crippen molar-refractivity contribution in [2.24, 2.45) is 22.7 Å². The van der Waals surface area contributed by atoms with Crippen LogP contribution < -0.4 is 0 Å². The Labute approximate surface area is 116 Å². The first-order chi connectivity index (χ1) is 8.97. The van der Waals surface area contributed by atoms with Crippen LogP contribution in [0.15, 0.2) is 0 Å². The molecule has 0 aromatic carbocycles. The lowest BCUT2D eigenvalue weighted by Gasteiger charge is -2.38. The van der Waals surface area contributed by atoms with Gasteiger partial charge in [0.05, 0.1) is 12.0 Å². The van der Waals surface area contributed by atoms with E-state index in [-0.39, 0.29) is 17.5 Å². The van der Waals surface area contributed by atoms with Gasteiger partial charge in [-0.3, -0.25) is 4.79 Å². The molecule has 1 spiro atoms. The van der Waals surface area contributed by atoms with E-state index in [4.69, 9.17) is 9.47 Å². The van der Waals surface area contributed by atoms with Gasteiger partial charge in [-0.15, -0.1) is 0 Å². The van der Waals surface area contributed by atoms with Crippen molar-refractivity contribution in [3.8, 4) is 0 Å². The molecule has 3 aliphatic rings. The van der Waals surface area contributed by atoms with Crippen LogP contribution in [0.5, 0.6) is 0 Å². The summed E-state index contributed by atoms with van der Waals surface area (Å²) in [6, 6.07) is 0. The van der Waals surface area contributed by atoms with Crippen molar-refractivity contribution < 1.29 is 14.3 Å². The van der Waals surface area contributed by atoms with E-state index in [9.17, 15) is 4.79 Å². The Hall–Kier alpha value is -0.570. The first-order valence-electron chi connectivity index (χ1n) is 7.76. The monoisotopic (exact) mass is 266 g/mol. The maximum atomic E-state index is 12.3. The second-order valence-corrected chi connectivity index (χ2v) is 7.49. The second kappa shape index (κ2) is 4.47. The highest BCUT2D eigenvalue weighted by atomic mass is 16.5. The zero-order chi connectivity index (χ0) is 13.7. The van der Waals surface area contributed by atoms with E-state index in [1.165, 1.54) is 19.3 Å². The van der Waals surface area contributed by atoms with Crippen molar-refractivity contribution >= 4 is 5.97 Å². The summed E-state index contributed by atoms with van der Waals surface area (Å²) in [7, 11) is 0. The molecule has 0 aromatic heterocycles. The van der Waals surface area contributed by atoms with E-state index in [1.54, 1.807) is 0 Å². The van der Waals surface area contributed by atoms with Gasteiger partial charge in [0.1, 0.15) is 6.10 Å². The van der Waals surface area contributed by atoms with Crippen LogP contribution >= 0.6 is 0 Å². The highest BCUT2D eigenvalue weighted by Gasteiger charge is 2.58. The number of carbonyl (C=O) groups is 1. The second-order valence-electron chi connectivity index (χ2n) is 7.49. The van der Waals surface area contributed by atoms with Crippen LogP contribution in [0.4, 0.5) is 0 Å². The highest BCUT2D eigenvalue weighted by Crippen LogP contribution is 2.60. The summed E-state index contributed by atoms with van der Waals surface area (Å²) in [5, 5.41) is 0. The molecule has 2 bridgehead atoms. The van der Waals surface area contributed by atoms with Gasteiger partial charge in [-0.1, -0.05) is 6.92 Å². The molecule has 2 aliphatic carbocycles. The molecule has 0 aromatic rings. The Balaban J connectivity index is 1.69. The molecule has 3 heteroatoms. The quantitative estimate of drug-likeness (QED) is 0.736. The Bertz CT molecular complexity index is 368. The van der Waals surface area contributed by atoms with Gasteiger partial charge >= 0.3 is 5.97 Å². The number of esters is 1. The third-order valence-electron chi connectivity index (χ3n) is 5.91. The van der Waals surface area contributed by atoms with Crippen molar-refractivity contribution in [2.75, 3.05) is 13.2 Å². The average Bonchev–Trinajstić information content (AvgIpc) is 3.05. The maximum Gasteiger partial charge on any atom is 0.311 e. The minimum Gasteiger partial charge on any atom is -0.462 e. The van der Waals surface area contributed by atoms with E-state index in [1.807, 2.05) is 20.8 Å². The minimum atomic E-state index is -0.346. The van der Waals surface area contributed by atoms with Crippen LogP contribution in [0.3, 0.4) is 0 Å². The van der Waals surface area contributed by atoms with Gasteiger partial charge in [-0.2, -0.15) is 0 Å². The molecule has 2 saturated carbocycles. The fourth-order valence-electron chi connectivity index (χ4n) is 4.29. The molecule has 108 valence electrons. The van der Waals surface area contributed by atoms with Gasteiger partial charge in [0.25, 0.3) is 0 Å². The zero-order valence-corrected chi connectivity index (χ0v) is 12.4. The molecule has 0 radical (unpaired) electrons. The summed E-state index contributed by atoms with van der Waals surface area (Å²) < 4.78 is 11.5. The topological polar surface area (TPSA) is 35.5 Å². The summed E-state index contributed by atoms with van der Waals surface area (Å²) in [6.45, 7) is 7.80. The molecule has 0 N–H and O–H groups in total. The molecule has 1 heterocycles. The molecule has 4 atom stereocenters. The fourth-order valence-corrected chi connectivity index (χ4v) is 4.29. The summed E-state index contributed by atoms with van der Waals surface area (Å²) in [5.74, 6) is 1.30. The van der Waals surface area contributed by atoms with Crippen LogP contribution in [0, 0.1) is 22.7 Å². The summed E-state index contributed by atoms with van der Waals surface area (Å²) >= 11 is 0. The molecule has 4 unspecified atom stereocenters. The smallest absolute Gasteiger partial charge is 0.311 e. The largest absolute Gasteiger partial charge is 0.462 e. The lowest BCUT2D eigenvalue weighted by atomic mass is 9.71. The van der Waals surface area contributed by atoms with Gasteiger partial charge in [-0.25, -0.2) is 0 Å². The maximum absolute atomic E-state index is 12.3. The SMILES string of the molecule is CCC(C)(C)C(=O)OC1CC2CC1C1(CCOC1)C2. The van der Waals surface area contributed by atoms with Gasteiger partial charge in [-0.05, 0) is 51.9 Å². The first kappa shape index (κ1) is 13.4. The molecule has 3 nitrogen and oxygen atoms in total. The van der Waals surface area contributed by atoms with E-state index >= 15 is 0 Å². The lowest BCUT2D eigenvalue weighted by Crippen LogP contribution is -2.40. The first-order valence-corrected chi connectivity index (χ1v) is 7.76. The predicted octanol–water partition coefficient (Wildman–Crippen LogP) is 3.17. The van der Waals surface area contributed by atoms with E-state index in [0.717, 1.165) is 32.0 Å². The Morgan fingerprint density at radius 1 is 1.42 bits per heavy atom. The van der Waals surface area contributed by atoms with Crippen molar-refractivity contribution in [3.05, 3.63) is 0 Å². The van der Waals surface area contributed by atoms with Gasteiger partial charge in [0.15, 0.2) is 0 Å². The lowest BCUT2D eigenvalue weighted by molar-refractivity contribution is -0.165. The third kappa shape index (κ3) is 2.10. The van der Waals surface area contributed by atoms with Crippen LogP contribution in [-0.2, 0) is 14.3 Å². The normalized spacial score (nSPS) is 41.1. The highest BCUT2D eigenvalue weighted by molar-refractivity contribution is 5.76. The summed E-state index contributed by atoms with van der Waals surface area (Å²) in [5.41, 5.74) is -0.00854. The molecule has 19 heavy (non-hydrogen) atoms. The van der Waals surface area contributed by atoms with Crippen LogP contribution in [0.2, 0.25) is 0 Å². The molecule has 1 saturated heterocycles. The van der Waals surface area contributed by atoms with E-state index < -0.39 is 0 Å². The summed E-state index contributed by atoms with van der Waals surface area (Å²) in [4.78, 5) is 12.3. The number of hydrogen-bond acceptors (Lipinski definition) is 3. The standard InChI is InChI=1S/C16H26O3/c1-4-15(2,3)14(17)19-13-8-11-7-12(13)16(9-11)5-6-18-10-16/h11-13H,4-10H2,1-3H3. The van der Waals surface area contributed by atoms with Gasteiger partial charge < -0.3 is 9.47 Å². The van der Waals surface area contributed by atoms with Gasteiger partial charge in [0, 0.05) is 17.9 Å². The summed E-state index contributed by atoms with van der Waals surface area (Å²) in [6.07, 6.45) is 5.77.